The molecule has 0 fully saturated rings. The van der Waals surface area contributed by atoms with Gasteiger partial charge in [0.15, 0.2) is 0 Å². The van der Waals surface area contributed by atoms with Crippen molar-refractivity contribution in [2.24, 2.45) is 5.16 Å². The number of sulfonamides is 1. The van der Waals surface area contributed by atoms with Crippen LogP contribution in [0.25, 0.3) is 6.08 Å². The predicted molar refractivity (Wildman–Crippen MR) is 124 cm³/mol. The van der Waals surface area contributed by atoms with Crippen molar-refractivity contribution in [3.8, 4) is 0 Å². The fraction of sp³-hybridized carbons (Fsp3) is 0.0870. The zero-order valence-corrected chi connectivity index (χ0v) is 18.5. The molecule has 172 valence electrons. The van der Waals surface area contributed by atoms with Crippen LogP contribution in [0.2, 0.25) is 5.02 Å². The highest BCUT2D eigenvalue weighted by Gasteiger charge is 2.46. The molecule has 0 heterocycles. The smallest absolute Gasteiger partial charge is 0.391 e. The van der Waals surface area contributed by atoms with Crippen LogP contribution in [0.1, 0.15) is 16.7 Å². The molecule has 3 rings (SSSR count). The number of nitrogens with one attached hydrogen (secondary N) is 1. The van der Waals surface area contributed by atoms with Gasteiger partial charge in [-0.15, -0.1) is 0 Å². The van der Waals surface area contributed by atoms with Crippen molar-refractivity contribution in [2.75, 3.05) is 11.3 Å². The molecule has 0 aliphatic heterocycles. The zero-order chi connectivity index (χ0) is 23.9. The molecule has 0 amide bonds. The molecule has 0 aliphatic carbocycles. The summed E-state index contributed by atoms with van der Waals surface area (Å²) in [5.41, 5.74) is -4.28. The number of alkyl halides is 3. The Balaban J connectivity index is 1.95. The van der Waals surface area contributed by atoms with Gasteiger partial charge in [0, 0.05) is 16.1 Å². The maximum Gasteiger partial charge on any atom is 0.516 e. The van der Waals surface area contributed by atoms with E-state index in [0.717, 1.165) is 11.6 Å². The van der Waals surface area contributed by atoms with Gasteiger partial charge < -0.3 is 4.84 Å². The van der Waals surface area contributed by atoms with Crippen LogP contribution in [0.15, 0.2) is 90.1 Å². The summed E-state index contributed by atoms with van der Waals surface area (Å²) < 4.78 is 63.8. The lowest BCUT2D eigenvalue weighted by atomic mass is 10.0. The molecule has 10 heteroatoms. The molecule has 0 atom stereocenters. The Kier molecular flexibility index (Phi) is 7.78. The first-order chi connectivity index (χ1) is 15.7. The fourth-order valence-electron chi connectivity index (χ4n) is 2.75. The summed E-state index contributed by atoms with van der Waals surface area (Å²) in [5, 5.41) is 4.25. The molecule has 33 heavy (non-hydrogen) atoms. The molecule has 0 saturated carbocycles. The highest BCUT2D eigenvalue weighted by molar-refractivity contribution is 7.93. The van der Waals surface area contributed by atoms with Crippen LogP contribution in [0.4, 0.5) is 18.9 Å². The standard InChI is InChI=1S/C23H18ClF3N2O3S/c24-19-13-14-21(29-33(30,31)23(25,26)27)20(16-19)22(18-11-5-2-6-12-18)28-32-15-7-10-17-8-3-1-4-9-17/h1-14,16,29H,15H2. The number of hydrogen-bond acceptors (Lipinski definition) is 4. The van der Waals surface area contributed by atoms with Crippen LogP contribution in [0.3, 0.4) is 0 Å². The van der Waals surface area contributed by atoms with E-state index in [1.54, 1.807) is 41.1 Å². The van der Waals surface area contributed by atoms with Gasteiger partial charge in [0.25, 0.3) is 0 Å². The van der Waals surface area contributed by atoms with Crippen LogP contribution < -0.4 is 4.72 Å². The Morgan fingerprint density at radius 2 is 1.64 bits per heavy atom. The Morgan fingerprint density at radius 1 is 1.00 bits per heavy atom. The Morgan fingerprint density at radius 3 is 2.27 bits per heavy atom. The molecule has 0 saturated heterocycles. The molecule has 0 spiro atoms. The molecule has 0 aliphatic rings. The van der Waals surface area contributed by atoms with Gasteiger partial charge in [-0.3, -0.25) is 4.72 Å². The monoisotopic (exact) mass is 494 g/mol. The average molecular weight is 495 g/mol. The van der Waals surface area contributed by atoms with Gasteiger partial charge >= 0.3 is 15.5 Å². The molecule has 5 nitrogen and oxygen atoms in total. The summed E-state index contributed by atoms with van der Waals surface area (Å²) in [5.74, 6) is 0. The topological polar surface area (TPSA) is 67.8 Å². The van der Waals surface area contributed by atoms with E-state index in [1.807, 2.05) is 36.4 Å². The van der Waals surface area contributed by atoms with Crippen molar-refractivity contribution in [1.29, 1.82) is 0 Å². The van der Waals surface area contributed by atoms with Crippen LogP contribution in [0.5, 0.6) is 0 Å². The predicted octanol–water partition coefficient (Wildman–Crippen LogP) is 6.08. The second-order valence-electron chi connectivity index (χ2n) is 6.66. The highest BCUT2D eigenvalue weighted by atomic mass is 35.5. The second kappa shape index (κ2) is 10.5. The third-order valence-corrected chi connectivity index (χ3v) is 5.60. The van der Waals surface area contributed by atoms with Gasteiger partial charge in [0.1, 0.15) is 12.3 Å². The van der Waals surface area contributed by atoms with Crippen LogP contribution in [-0.2, 0) is 14.9 Å². The van der Waals surface area contributed by atoms with Crippen molar-refractivity contribution in [1.82, 2.24) is 0 Å². The van der Waals surface area contributed by atoms with E-state index >= 15 is 0 Å². The van der Waals surface area contributed by atoms with E-state index in [2.05, 4.69) is 5.16 Å². The third kappa shape index (κ3) is 6.59. The maximum atomic E-state index is 12.9. The van der Waals surface area contributed by atoms with E-state index in [9.17, 15) is 21.6 Å². The average Bonchev–Trinajstić information content (AvgIpc) is 2.78. The summed E-state index contributed by atoms with van der Waals surface area (Å²) in [6.07, 6.45) is 3.53. The Bertz CT molecular complexity index is 1250. The molecule has 0 radical (unpaired) electrons. The van der Waals surface area contributed by atoms with Crippen molar-refractivity contribution in [3.05, 3.63) is 107 Å². The molecule has 0 bridgehead atoms. The number of nitrogens with zero attached hydrogens (tertiary/aromatic N) is 1. The summed E-state index contributed by atoms with van der Waals surface area (Å²) in [4.78, 5) is 5.38. The SMILES string of the molecule is O=S(=O)(Nc1ccc(Cl)cc1C(=NOCC=Cc1ccccc1)c1ccccc1)C(F)(F)F. The first kappa shape index (κ1) is 24.3. The third-order valence-electron chi connectivity index (χ3n) is 4.27. The van der Waals surface area contributed by atoms with E-state index in [1.165, 1.54) is 12.1 Å². The lowest BCUT2D eigenvalue weighted by molar-refractivity contribution is -0.0429. The zero-order valence-electron chi connectivity index (χ0n) is 17.0. The van der Waals surface area contributed by atoms with E-state index in [0.29, 0.717) is 5.56 Å². The first-order valence-corrected chi connectivity index (χ1v) is 11.4. The fourth-order valence-corrected chi connectivity index (χ4v) is 3.51. The number of anilines is 1. The summed E-state index contributed by atoms with van der Waals surface area (Å²) in [7, 11) is -5.66. The quantitative estimate of drug-likeness (QED) is 0.234. The lowest BCUT2D eigenvalue weighted by Crippen LogP contribution is -2.30. The first-order valence-electron chi connectivity index (χ1n) is 9.53. The highest BCUT2D eigenvalue weighted by Crippen LogP contribution is 2.30. The summed E-state index contributed by atoms with van der Waals surface area (Å²) in [6.45, 7) is 0.0649. The van der Waals surface area contributed by atoms with E-state index in [4.69, 9.17) is 16.4 Å². The molecular formula is C23H18ClF3N2O3S. The number of benzene rings is 3. The minimum Gasteiger partial charge on any atom is -0.391 e. The van der Waals surface area contributed by atoms with Gasteiger partial charge in [-0.25, -0.2) is 0 Å². The minimum atomic E-state index is -5.66. The molecular weight excluding hydrogens is 477 g/mol. The Labute approximate surface area is 194 Å². The molecule has 0 aromatic heterocycles. The number of halogens is 4. The van der Waals surface area contributed by atoms with Gasteiger partial charge in [0.05, 0.1) is 5.69 Å². The Hall–Kier alpha value is -3.30. The van der Waals surface area contributed by atoms with Crippen molar-refractivity contribution in [3.63, 3.8) is 0 Å². The van der Waals surface area contributed by atoms with Gasteiger partial charge in [0.2, 0.25) is 0 Å². The van der Waals surface area contributed by atoms with Gasteiger partial charge in [-0.2, -0.15) is 21.6 Å². The molecule has 3 aromatic carbocycles. The summed E-state index contributed by atoms with van der Waals surface area (Å²) in [6, 6.07) is 21.6. The van der Waals surface area contributed by atoms with Crippen LogP contribution in [0, 0.1) is 0 Å². The minimum absolute atomic E-state index is 0.0218. The molecule has 1 N–H and O–H groups in total. The number of hydrogen-bond donors (Lipinski definition) is 1. The summed E-state index contributed by atoms with van der Waals surface area (Å²) >= 11 is 6.05. The van der Waals surface area contributed by atoms with Crippen molar-refractivity contribution >= 4 is 39.1 Å². The van der Waals surface area contributed by atoms with Crippen molar-refractivity contribution in [2.45, 2.75) is 5.51 Å². The molecule has 3 aromatic rings. The maximum absolute atomic E-state index is 12.9. The lowest BCUT2D eigenvalue weighted by Gasteiger charge is -2.16. The molecule has 0 unspecified atom stereocenters. The van der Waals surface area contributed by atoms with E-state index < -0.39 is 15.5 Å². The second-order valence-corrected chi connectivity index (χ2v) is 8.77. The number of oxime groups is 1. The van der Waals surface area contributed by atoms with Crippen LogP contribution in [-0.4, -0.2) is 26.2 Å². The number of rotatable bonds is 8. The van der Waals surface area contributed by atoms with Crippen molar-refractivity contribution < 1.29 is 26.4 Å². The van der Waals surface area contributed by atoms with E-state index in [-0.39, 0.29) is 28.6 Å². The van der Waals surface area contributed by atoms with Gasteiger partial charge in [-0.05, 0) is 29.8 Å². The normalized spacial score (nSPS) is 12.7. The van der Waals surface area contributed by atoms with Crippen LogP contribution >= 0.6 is 11.6 Å². The largest absolute Gasteiger partial charge is 0.516 e. The van der Waals surface area contributed by atoms with Gasteiger partial charge in [-0.1, -0.05) is 83.5 Å².